The van der Waals surface area contributed by atoms with Gasteiger partial charge in [-0.1, -0.05) is 43.3 Å². The Morgan fingerprint density at radius 3 is 2.09 bits per heavy atom. The number of carbonyl (C=O) groups excluding carboxylic acids is 1. The molecule has 3 aromatic carbocycles. The first-order chi connectivity index (χ1) is 26.7. The predicted octanol–water partition coefficient (Wildman–Crippen LogP) is 6.82. The van der Waals surface area contributed by atoms with Crippen molar-refractivity contribution < 1.29 is 63.8 Å². The molecular weight excluding hydrogens is 838 g/mol. The molecule has 0 unspecified atom stereocenters. The number of thioether (sulfide) groups is 1. The molecule has 0 aliphatic carbocycles. The summed E-state index contributed by atoms with van der Waals surface area (Å²) in [5.74, 6) is -6.83. The molecule has 4 aromatic rings. The first kappa shape index (κ1) is 48.1. The van der Waals surface area contributed by atoms with E-state index in [1.807, 2.05) is 41.1 Å². The molecule has 0 saturated heterocycles. The largest absolute Gasteiger partial charge is 0.542 e. The second-order valence-electron chi connectivity index (χ2n) is 14.5. The van der Waals surface area contributed by atoms with Gasteiger partial charge in [-0.05, 0) is 73.4 Å². The third-order valence-corrected chi connectivity index (χ3v) is 12.1. The fourth-order valence-corrected chi connectivity index (χ4v) is 8.21. The number of carboxylic acid groups (broad SMARTS) is 2. The lowest BCUT2D eigenvalue weighted by Crippen LogP contribution is -2.42. The molecule has 58 heavy (non-hydrogen) atoms. The number of methoxy groups -OCH3 is 1. The van der Waals surface area contributed by atoms with E-state index in [9.17, 15) is 35.9 Å². The normalized spacial score (nSPS) is 12.9. The van der Waals surface area contributed by atoms with Crippen LogP contribution in [-0.2, 0) is 30.8 Å². The van der Waals surface area contributed by atoms with Gasteiger partial charge < -0.3 is 24.2 Å². The molecule has 0 fully saturated rings. The van der Waals surface area contributed by atoms with Crippen LogP contribution in [0.1, 0.15) is 49.9 Å². The minimum atomic E-state index is -5.19. The van der Waals surface area contributed by atoms with E-state index in [2.05, 4.69) is 4.98 Å². The predicted molar refractivity (Wildman–Crippen MR) is 204 cm³/mol. The van der Waals surface area contributed by atoms with Crippen molar-refractivity contribution in [3.8, 4) is 11.4 Å². The Balaban J connectivity index is 0.00000117. The van der Waals surface area contributed by atoms with Gasteiger partial charge in [-0.2, -0.15) is 17.5 Å². The number of carbonyl (C=O) groups is 2. The van der Waals surface area contributed by atoms with Gasteiger partial charge in [-0.3, -0.25) is 9.36 Å². The van der Waals surface area contributed by atoms with Crippen LogP contribution in [0, 0.1) is 17.5 Å². The summed E-state index contributed by atoms with van der Waals surface area (Å²) >= 11 is 7.28. The average molecular weight is 881 g/mol. The molecular formula is C38H43ClF6N4O7S2. The van der Waals surface area contributed by atoms with E-state index in [0.29, 0.717) is 61.1 Å². The summed E-state index contributed by atoms with van der Waals surface area (Å²) in [5.41, 5.74) is 0.953. The van der Waals surface area contributed by atoms with Crippen molar-refractivity contribution in [3.05, 3.63) is 100 Å². The minimum Gasteiger partial charge on any atom is -0.542 e. The number of nitrogens with zero attached hydrogens (tertiary/aromatic N) is 4. The SMILES string of the molecule is COc1cc(C(C)(C)c2cnc(SCc3c(F)cc(S(=O)(=O)N(C)[C@H](CCCC[N+](C)(C)C)C(=O)O)cc3F)n2-c2ccc(F)cc2)ccc1Cl.O=C([O-])C(F)(F)F. The summed E-state index contributed by atoms with van der Waals surface area (Å²) in [4.78, 5) is 24.7. The zero-order chi connectivity index (χ0) is 44.0. The fourth-order valence-electron chi connectivity index (χ4n) is 5.64. The average Bonchev–Trinajstić information content (AvgIpc) is 3.55. The molecule has 20 heteroatoms. The van der Waals surface area contributed by atoms with Gasteiger partial charge in [0.1, 0.15) is 35.2 Å². The van der Waals surface area contributed by atoms with Gasteiger partial charge in [0, 0.05) is 29.5 Å². The van der Waals surface area contributed by atoms with Gasteiger partial charge in [0.2, 0.25) is 10.0 Å². The second-order valence-corrected chi connectivity index (χ2v) is 17.9. The molecule has 0 spiro atoms. The quantitative estimate of drug-likeness (QED) is 0.0556. The zero-order valence-electron chi connectivity index (χ0n) is 32.5. The van der Waals surface area contributed by atoms with Crippen molar-refractivity contribution in [3.63, 3.8) is 0 Å². The number of imidazole rings is 1. The minimum absolute atomic E-state index is 0.0375. The lowest BCUT2D eigenvalue weighted by atomic mass is 9.81. The maximum Gasteiger partial charge on any atom is 0.430 e. The van der Waals surface area contributed by atoms with Crippen molar-refractivity contribution in [1.29, 1.82) is 0 Å². The smallest absolute Gasteiger partial charge is 0.430 e. The lowest BCUT2D eigenvalue weighted by Gasteiger charge is -2.28. The number of hydrogen-bond acceptors (Lipinski definition) is 8. The summed E-state index contributed by atoms with van der Waals surface area (Å²) in [6, 6.07) is 11.1. The van der Waals surface area contributed by atoms with Crippen LogP contribution in [0.5, 0.6) is 5.75 Å². The molecule has 11 nitrogen and oxygen atoms in total. The number of aromatic nitrogens is 2. The van der Waals surface area contributed by atoms with Crippen LogP contribution in [-0.4, -0.2) is 97.9 Å². The Morgan fingerprint density at radius 2 is 1.59 bits per heavy atom. The number of sulfonamides is 1. The van der Waals surface area contributed by atoms with Gasteiger partial charge in [0.25, 0.3) is 0 Å². The molecule has 1 atom stereocenters. The van der Waals surface area contributed by atoms with E-state index in [1.54, 1.807) is 35.0 Å². The van der Waals surface area contributed by atoms with E-state index in [0.717, 1.165) is 30.9 Å². The molecule has 0 radical (unpaired) electrons. The monoisotopic (exact) mass is 880 g/mol. The van der Waals surface area contributed by atoms with Gasteiger partial charge in [-0.25, -0.2) is 26.6 Å². The molecule has 0 aliphatic rings. The summed E-state index contributed by atoms with van der Waals surface area (Å²) in [6.45, 7) is 4.67. The van der Waals surface area contributed by atoms with E-state index < -0.39 is 67.5 Å². The lowest BCUT2D eigenvalue weighted by molar-refractivity contribution is -0.870. The number of quaternary nitrogens is 1. The number of benzene rings is 3. The second kappa shape index (κ2) is 19.2. The molecule has 0 saturated carbocycles. The topological polar surface area (TPSA) is 142 Å². The first-order valence-corrected chi connectivity index (χ1v) is 20.1. The highest BCUT2D eigenvalue weighted by Crippen LogP contribution is 2.39. The van der Waals surface area contributed by atoms with Crippen LogP contribution in [0.15, 0.2) is 70.8 Å². The van der Waals surface area contributed by atoms with Crippen LogP contribution >= 0.6 is 23.4 Å². The summed E-state index contributed by atoms with van der Waals surface area (Å²) in [6.07, 6.45) is -2.40. The Bertz CT molecular complexity index is 2170. The number of aliphatic carboxylic acids is 2. The van der Waals surface area contributed by atoms with E-state index in [1.165, 1.54) is 19.2 Å². The highest BCUT2D eigenvalue weighted by atomic mass is 35.5. The zero-order valence-corrected chi connectivity index (χ0v) is 34.9. The maximum absolute atomic E-state index is 15.6. The molecule has 0 amide bonds. The van der Waals surface area contributed by atoms with Crippen LogP contribution in [0.4, 0.5) is 26.3 Å². The van der Waals surface area contributed by atoms with Crippen LogP contribution in [0.3, 0.4) is 0 Å². The standard InChI is InChI=1S/C36H42ClF3N4O5S2.C2HF3O2/c1-36(2,23-11-16-28(37)32(18-23)49-7)33-21-41-35(43(33)25-14-12-24(38)13-15-25)50-22-27-29(39)19-26(20-30(27)40)51(47,48)42(3)31(34(45)46)10-8-9-17-44(4,5)6;3-2(4,5)1(6)7/h11-16,18-21,31H,8-10,17,22H2,1-7H3;(H,6,7)/t31-;/m1./s1. The van der Waals surface area contributed by atoms with Crippen molar-refractivity contribution in [2.24, 2.45) is 0 Å². The van der Waals surface area contributed by atoms with Gasteiger partial charge in [0.05, 0.1) is 56.6 Å². The highest BCUT2D eigenvalue weighted by molar-refractivity contribution is 7.98. The number of likely N-dealkylation sites (N-methyl/N-ethyl adjacent to an activating group) is 1. The summed E-state index contributed by atoms with van der Waals surface area (Å²) in [7, 11) is 4.02. The Kier molecular flexibility index (Phi) is 15.9. The van der Waals surface area contributed by atoms with Gasteiger partial charge in [0.15, 0.2) is 5.16 Å². The third kappa shape index (κ3) is 12.1. The molecule has 0 bridgehead atoms. The fraction of sp³-hybridized carbons (Fsp3) is 0.395. The van der Waals surface area contributed by atoms with Crippen LogP contribution in [0.25, 0.3) is 5.69 Å². The number of hydrogen-bond donors (Lipinski definition) is 1. The van der Waals surface area contributed by atoms with Gasteiger partial charge in [-0.15, -0.1) is 0 Å². The van der Waals surface area contributed by atoms with Crippen LogP contribution in [0.2, 0.25) is 5.02 Å². The van der Waals surface area contributed by atoms with Crippen molar-refractivity contribution in [2.75, 3.05) is 41.8 Å². The number of rotatable bonds is 16. The molecule has 1 aromatic heterocycles. The van der Waals surface area contributed by atoms with Gasteiger partial charge >= 0.3 is 12.1 Å². The van der Waals surface area contributed by atoms with E-state index in [4.69, 9.17) is 26.2 Å². The van der Waals surface area contributed by atoms with E-state index >= 15 is 8.78 Å². The number of ether oxygens (including phenoxy) is 1. The maximum atomic E-state index is 15.6. The summed E-state index contributed by atoms with van der Waals surface area (Å²) < 4.78 is 112. The van der Waals surface area contributed by atoms with Crippen molar-refractivity contribution in [2.45, 2.75) is 66.5 Å². The highest BCUT2D eigenvalue weighted by Gasteiger charge is 2.35. The third-order valence-electron chi connectivity index (χ3n) is 8.98. The molecule has 0 aliphatic heterocycles. The Hall–Kier alpha value is -4.30. The first-order valence-electron chi connectivity index (χ1n) is 17.3. The molecule has 1 N–H and O–H groups in total. The summed E-state index contributed by atoms with van der Waals surface area (Å²) in [5, 5.41) is 19.4. The Morgan fingerprint density at radius 1 is 1.02 bits per heavy atom. The molecule has 4 rings (SSSR count). The number of halogens is 7. The number of unbranched alkanes of at least 4 members (excludes halogenated alkanes) is 1. The Labute approximate surface area is 341 Å². The molecule has 1 heterocycles. The van der Waals surface area contributed by atoms with Crippen LogP contribution < -0.4 is 9.84 Å². The van der Waals surface area contributed by atoms with E-state index in [-0.39, 0.29) is 12.2 Å². The molecule has 318 valence electrons. The van der Waals surface area contributed by atoms with Crippen molar-refractivity contribution >= 4 is 45.3 Å². The number of alkyl halides is 3. The number of carboxylic acids is 2. The van der Waals surface area contributed by atoms with Crippen molar-refractivity contribution in [1.82, 2.24) is 13.9 Å².